The molecule has 1 aliphatic heterocycles. The van der Waals surface area contributed by atoms with Crippen LogP contribution >= 0.6 is 11.6 Å². The van der Waals surface area contributed by atoms with Crippen LogP contribution in [-0.2, 0) is 0 Å². The van der Waals surface area contributed by atoms with Gasteiger partial charge in [0.25, 0.3) is 0 Å². The first-order chi connectivity index (χ1) is 9.02. The van der Waals surface area contributed by atoms with Gasteiger partial charge in [0.05, 0.1) is 0 Å². The van der Waals surface area contributed by atoms with Crippen LogP contribution in [-0.4, -0.2) is 44.7 Å². The lowest BCUT2D eigenvalue weighted by molar-refractivity contribution is 0.234. The number of piperazine rings is 1. The van der Waals surface area contributed by atoms with E-state index in [-0.39, 0.29) is 6.04 Å². The minimum Gasteiger partial charge on any atom is -0.369 e. The molecule has 1 N–H and O–H groups in total. The maximum absolute atomic E-state index is 6.41. The van der Waals surface area contributed by atoms with Crippen molar-refractivity contribution in [2.75, 3.05) is 38.6 Å². The Labute approximate surface area is 121 Å². The first-order valence-electron chi connectivity index (χ1n) is 6.95. The van der Waals surface area contributed by atoms with E-state index >= 15 is 0 Å². The Balaban J connectivity index is 2.16. The number of benzene rings is 1. The van der Waals surface area contributed by atoms with Crippen LogP contribution in [0.15, 0.2) is 18.2 Å². The predicted molar refractivity (Wildman–Crippen MR) is 83.2 cm³/mol. The van der Waals surface area contributed by atoms with E-state index in [1.165, 1.54) is 5.69 Å². The minimum absolute atomic E-state index is 0.285. The van der Waals surface area contributed by atoms with Gasteiger partial charge in [-0.3, -0.25) is 0 Å². The van der Waals surface area contributed by atoms with Gasteiger partial charge in [-0.1, -0.05) is 17.7 Å². The highest BCUT2D eigenvalue weighted by Gasteiger charge is 2.21. The van der Waals surface area contributed by atoms with Crippen molar-refractivity contribution in [3.63, 3.8) is 0 Å². The van der Waals surface area contributed by atoms with Crippen molar-refractivity contribution in [3.05, 3.63) is 28.8 Å². The minimum atomic E-state index is 0.285. The van der Waals surface area contributed by atoms with Crippen molar-refractivity contribution in [2.24, 2.45) is 0 Å². The highest BCUT2D eigenvalue weighted by Crippen LogP contribution is 2.28. The summed E-state index contributed by atoms with van der Waals surface area (Å²) in [6, 6.07) is 7.30. The summed E-state index contributed by atoms with van der Waals surface area (Å²) in [5.74, 6) is 0. The Bertz CT molecular complexity index is 435. The molecule has 1 heterocycles. The molecule has 1 aromatic rings. The van der Waals surface area contributed by atoms with E-state index < -0.39 is 0 Å². The third-order valence-corrected chi connectivity index (χ3v) is 4.54. The largest absolute Gasteiger partial charge is 0.369 e. The molecule has 2 unspecified atom stereocenters. The van der Waals surface area contributed by atoms with Gasteiger partial charge in [0, 0.05) is 42.4 Å². The molecule has 0 radical (unpaired) electrons. The quantitative estimate of drug-likeness (QED) is 0.919. The topological polar surface area (TPSA) is 18.5 Å². The smallest absolute Gasteiger partial charge is 0.0474 e. The SMILES string of the molecule is CNC(C)c1ccc(N2CCN(C)C(C)C2)cc1Cl. The van der Waals surface area contributed by atoms with E-state index in [1.54, 1.807) is 0 Å². The van der Waals surface area contributed by atoms with Gasteiger partial charge in [-0.25, -0.2) is 0 Å². The van der Waals surface area contributed by atoms with Crippen LogP contribution in [0.2, 0.25) is 5.02 Å². The van der Waals surface area contributed by atoms with Crippen LogP contribution in [0.4, 0.5) is 5.69 Å². The van der Waals surface area contributed by atoms with Gasteiger partial charge in [0.1, 0.15) is 0 Å². The summed E-state index contributed by atoms with van der Waals surface area (Å²) in [5, 5.41) is 4.08. The summed E-state index contributed by atoms with van der Waals surface area (Å²) in [5.41, 5.74) is 2.40. The lowest BCUT2D eigenvalue weighted by Crippen LogP contribution is -2.50. The van der Waals surface area contributed by atoms with Gasteiger partial charge in [-0.15, -0.1) is 0 Å². The second-order valence-corrected chi connectivity index (χ2v) is 5.90. The molecule has 0 aliphatic carbocycles. The van der Waals surface area contributed by atoms with Crippen molar-refractivity contribution in [3.8, 4) is 0 Å². The van der Waals surface area contributed by atoms with E-state index in [9.17, 15) is 0 Å². The third kappa shape index (κ3) is 3.22. The number of hydrogen-bond donors (Lipinski definition) is 1. The standard InChI is InChI=1S/C15H24ClN3/c1-11-10-19(8-7-18(11)4)13-5-6-14(12(2)17-3)15(16)9-13/h5-6,9,11-12,17H,7-8,10H2,1-4H3. The molecule has 4 heteroatoms. The Morgan fingerprint density at radius 3 is 2.68 bits per heavy atom. The third-order valence-electron chi connectivity index (χ3n) is 4.21. The summed E-state index contributed by atoms with van der Waals surface area (Å²) >= 11 is 6.41. The summed E-state index contributed by atoms with van der Waals surface area (Å²) in [6.45, 7) is 7.63. The van der Waals surface area contributed by atoms with E-state index in [0.717, 1.165) is 30.2 Å². The van der Waals surface area contributed by atoms with Gasteiger partial charge in [0.2, 0.25) is 0 Å². The zero-order valence-electron chi connectivity index (χ0n) is 12.3. The molecule has 19 heavy (non-hydrogen) atoms. The molecule has 0 aromatic heterocycles. The van der Waals surface area contributed by atoms with Gasteiger partial charge in [-0.05, 0) is 45.6 Å². The monoisotopic (exact) mass is 281 g/mol. The second-order valence-electron chi connectivity index (χ2n) is 5.49. The number of anilines is 1. The van der Waals surface area contributed by atoms with Crippen LogP contribution in [0.3, 0.4) is 0 Å². The van der Waals surface area contributed by atoms with Crippen LogP contribution in [0.25, 0.3) is 0 Å². The Kier molecular flexibility index (Phi) is 4.71. The molecule has 0 bridgehead atoms. The fraction of sp³-hybridized carbons (Fsp3) is 0.600. The maximum Gasteiger partial charge on any atom is 0.0474 e. The molecule has 1 saturated heterocycles. The average Bonchev–Trinajstić information content (AvgIpc) is 2.41. The molecule has 0 saturated carbocycles. The normalized spacial score (nSPS) is 22.6. The molecule has 3 nitrogen and oxygen atoms in total. The highest BCUT2D eigenvalue weighted by atomic mass is 35.5. The zero-order chi connectivity index (χ0) is 14.0. The number of nitrogens with zero attached hydrogens (tertiary/aromatic N) is 2. The van der Waals surface area contributed by atoms with Crippen LogP contribution in [0.1, 0.15) is 25.5 Å². The van der Waals surface area contributed by atoms with Gasteiger partial charge in [0.15, 0.2) is 0 Å². The number of halogens is 1. The van der Waals surface area contributed by atoms with Crippen LogP contribution < -0.4 is 10.2 Å². The number of rotatable bonds is 3. The van der Waals surface area contributed by atoms with Crippen molar-refractivity contribution >= 4 is 17.3 Å². The Morgan fingerprint density at radius 1 is 1.37 bits per heavy atom. The van der Waals surface area contributed by atoms with E-state index in [4.69, 9.17) is 11.6 Å². The summed E-state index contributed by atoms with van der Waals surface area (Å²) in [6.07, 6.45) is 0. The van der Waals surface area contributed by atoms with Gasteiger partial charge < -0.3 is 15.1 Å². The molecule has 0 amide bonds. The van der Waals surface area contributed by atoms with Gasteiger partial charge in [-0.2, -0.15) is 0 Å². The van der Waals surface area contributed by atoms with E-state index in [0.29, 0.717) is 6.04 Å². The Hall–Kier alpha value is -0.770. The molecule has 1 aromatic carbocycles. The van der Waals surface area contributed by atoms with Crippen molar-refractivity contribution in [1.82, 2.24) is 10.2 Å². The molecular formula is C15H24ClN3. The number of nitrogens with one attached hydrogen (secondary N) is 1. The lowest BCUT2D eigenvalue weighted by Gasteiger charge is -2.39. The van der Waals surface area contributed by atoms with Crippen molar-refractivity contribution in [1.29, 1.82) is 0 Å². The van der Waals surface area contributed by atoms with E-state index in [1.807, 2.05) is 7.05 Å². The molecular weight excluding hydrogens is 258 g/mol. The predicted octanol–water partition coefficient (Wildman–Crippen LogP) is 2.76. The van der Waals surface area contributed by atoms with Crippen molar-refractivity contribution in [2.45, 2.75) is 25.9 Å². The molecule has 1 aliphatic rings. The van der Waals surface area contributed by atoms with E-state index in [2.05, 4.69) is 54.2 Å². The maximum atomic E-state index is 6.41. The Morgan fingerprint density at radius 2 is 2.11 bits per heavy atom. The number of hydrogen-bond acceptors (Lipinski definition) is 3. The van der Waals surface area contributed by atoms with Crippen LogP contribution in [0, 0.1) is 0 Å². The molecule has 1 fully saturated rings. The molecule has 2 atom stereocenters. The lowest BCUT2D eigenvalue weighted by atomic mass is 10.1. The average molecular weight is 282 g/mol. The number of likely N-dealkylation sites (N-methyl/N-ethyl adjacent to an activating group) is 1. The molecule has 2 rings (SSSR count). The first-order valence-corrected chi connectivity index (χ1v) is 7.32. The fourth-order valence-electron chi connectivity index (χ4n) is 2.50. The van der Waals surface area contributed by atoms with Crippen molar-refractivity contribution < 1.29 is 0 Å². The van der Waals surface area contributed by atoms with Gasteiger partial charge >= 0.3 is 0 Å². The summed E-state index contributed by atoms with van der Waals surface area (Å²) < 4.78 is 0. The first kappa shape index (κ1) is 14.6. The molecule has 106 valence electrons. The summed E-state index contributed by atoms with van der Waals surface area (Å²) in [7, 11) is 4.14. The van der Waals surface area contributed by atoms with Crippen LogP contribution in [0.5, 0.6) is 0 Å². The second kappa shape index (κ2) is 6.12. The molecule has 0 spiro atoms. The fourth-order valence-corrected chi connectivity index (χ4v) is 2.84. The summed E-state index contributed by atoms with van der Waals surface area (Å²) in [4.78, 5) is 4.82. The highest BCUT2D eigenvalue weighted by molar-refractivity contribution is 6.31. The zero-order valence-corrected chi connectivity index (χ0v) is 13.0.